The van der Waals surface area contributed by atoms with Gasteiger partial charge in [-0.1, -0.05) is 19.3 Å². The van der Waals surface area contributed by atoms with Gasteiger partial charge in [-0.05, 0) is 43.6 Å². The Bertz CT molecular complexity index is 477. The minimum atomic E-state index is 0.394. The topological polar surface area (TPSA) is 34.9 Å². The van der Waals surface area contributed by atoms with E-state index in [1.165, 1.54) is 44.9 Å². The molecule has 1 heterocycles. The number of aromatic nitrogens is 2. The van der Waals surface area contributed by atoms with E-state index in [4.69, 9.17) is 0 Å². The van der Waals surface area contributed by atoms with Crippen molar-refractivity contribution in [2.75, 3.05) is 0 Å². The van der Waals surface area contributed by atoms with Gasteiger partial charge in [-0.25, -0.2) is 0 Å². The van der Waals surface area contributed by atoms with Crippen LogP contribution in [0.25, 0.3) is 0 Å². The fraction of sp³-hybridized carbons (Fsp3) is 0.750. The fourth-order valence-electron chi connectivity index (χ4n) is 4.44. The van der Waals surface area contributed by atoms with Gasteiger partial charge in [0.2, 0.25) is 0 Å². The molecule has 0 saturated heterocycles. The highest BCUT2D eigenvalue weighted by molar-refractivity contribution is 5.86. The molecule has 3 nitrogen and oxygen atoms in total. The summed E-state index contributed by atoms with van der Waals surface area (Å²) in [4.78, 5) is 12.3. The van der Waals surface area contributed by atoms with E-state index >= 15 is 0 Å². The number of hydrogen-bond donors (Lipinski definition) is 0. The molecule has 0 N–H and O–H groups in total. The van der Waals surface area contributed by atoms with Crippen LogP contribution in [0.5, 0.6) is 0 Å². The molecule has 1 aromatic heterocycles. The first kappa shape index (κ1) is 11.7. The minimum absolute atomic E-state index is 0.394. The van der Waals surface area contributed by atoms with Crippen LogP contribution in [0.3, 0.4) is 0 Å². The number of nitrogens with zero attached hydrogens (tertiary/aromatic N) is 2. The average Bonchev–Trinajstić information content (AvgIpc) is 2.95. The van der Waals surface area contributed by atoms with Crippen molar-refractivity contribution in [3.8, 4) is 0 Å². The van der Waals surface area contributed by atoms with Crippen LogP contribution >= 0.6 is 0 Å². The van der Waals surface area contributed by atoms with Crippen molar-refractivity contribution in [3.63, 3.8) is 0 Å². The van der Waals surface area contributed by atoms with Gasteiger partial charge >= 0.3 is 0 Å². The van der Waals surface area contributed by atoms with E-state index in [9.17, 15) is 4.79 Å². The van der Waals surface area contributed by atoms with E-state index in [1.54, 1.807) is 0 Å². The zero-order valence-corrected chi connectivity index (χ0v) is 11.4. The fourth-order valence-corrected chi connectivity index (χ4v) is 4.44. The molecule has 2 atom stereocenters. The van der Waals surface area contributed by atoms with E-state index in [0.717, 1.165) is 17.5 Å². The van der Waals surface area contributed by atoms with Crippen LogP contribution in [-0.4, -0.2) is 15.6 Å². The molecule has 4 rings (SSSR count). The SMILES string of the molecule is O=C(Cc1ccn(C2CCCC2)n1)C1C2CCCC21. The zero-order chi connectivity index (χ0) is 12.8. The molecule has 3 aliphatic carbocycles. The van der Waals surface area contributed by atoms with Gasteiger partial charge < -0.3 is 0 Å². The Balaban J connectivity index is 1.39. The molecule has 0 aromatic carbocycles. The number of ketones is 1. The molecule has 1 aromatic rings. The molecule has 3 aliphatic rings. The smallest absolute Gasteiger partial charge is 0.142 e. The molecule has 0 amide bonds. The van der Waals surface area contributed by atoms with E-state index in [-0.39, 0.29) is 0 Å². The van der Waals surface area contributed by atoms with Crippen LogP contribution in [0.2, 0.25) is 0 Å². The molecule has 3 heteroatoms. The molecule has 3 saturated carbocycles. The monoisotopic (exact) mass is 258 g/mol. The maximum absolute atomic E-state index is 12.3. The molecular formula is C16H22N2O. The molecule has 3 fully saturated rings. The van der Waals surface area contributed by atoms with Crippen molar-refractivity contribution in [2.24, 2.45) is 17.8 Å². The predicted molar refractivity (Wildman–Crippen MR) is 72.8 cm³/mol. The lowest BCUT2D eigenvalue weighted by Gasteiger charge is -2.08. The Morgan fingerprint density at radius 1 is 1.16 bits per heavy atom. The van der Waals surface area contributed by atoms with E-state index in [0.29, 0.717) is 24.2 Å². The molecule has 0 spiro atoms. The summed E-state index contributed by atoms with van der Waals surface area (Å²) in [5.41, 5.74) is 0.988. The number of carbonyl (C=O) groups is 1. The van der Waals surface area contributed by atoms with E-state index < -0.39 is 0 Å². The van der Waals surface area contributed by atoms with Crippen molar-refractivity contribution >= 4 is 5.78 Å². The summed E-state index contributed by atoms with van der Waals surface area (Å²) in [7, 11) is 0. The first-order chi connectivity index (χ1) is 9.33. The van der Waals surface area contributed by atoms with Gasteiger partial charge in [-0.15, -0.1) is 0 Å². The van der Waals surface area contributed by atoms with Gasteiger partial charge in [0.15, 0.2) is 0 Å². The quantitative estimate of drug-likeness (QED) is 0.831. The van der Waals surface area contributed by atoms with Crippen molar-refractivity contribution in [1.82, 2.24) is 9.78 Å². The van der Waals surface area contributed by atoms with Gasteiger partial charge in [0, 0.05) is 12.1 Å². The third-order valence-electron chi connectivity index (χ3n) is 5.50. The van der Waals surface area contributed by atoms with Crippen molar-refractivity contribution in [3.05, 3.63) is 18.0 Å². The molecule has 102 valence electrons. The van der Waals surface area contributed by atoms with Gasteiger partial charge in [0.1, 0.15) is 5.78 Å². The summed E-state index contributed by atoms with van der Waals surface area (Å²) in [6.45, 7) is 0. The van der Waals surface area contributed by atoms with Crippen molar-refractivity contribution < 1.29 is 4.79 Å². The Kier molecular flexibility index (Phi) is 2.75. The lowest BCUT2D eigenvalue weighted by atomic mass is 10.0. The third kappa shape index (κ3) is 2.03. The van der Waals surface area contributed by atoms with Crippen LogP contribution in [-0.2, 0) is 11.2 Å². The van der Waals surface area contributed by atoms with Gasteiger partial charge in [0.25, 0.3) is 0 Å². The first-order valence-corrected chi connectivity index (χ1v) is 7.89. The van der Waals surface area contributed by atoms with Crippen LogP contribution in [0.4, 0.5) is 0 Å². The average molecular weight is 258 g/mol. The van der Waals surface area contributed by atoms with Gasteiger partial charge in [-0.3, -0.25) is 9.48 Å². The maximum Gasteiger partial charge on any atom is 0.142 e. The van der Waals surface area contributed by atoms with Gasteiger partial charge in [0.05, 0.1) is 18.2 Å². The number of hydrogen-bond acceptors (Lipinski definition) is 2. The largest absolute Gasteiger partial charge is 0.299 e. The Morgan fingerprint density at radius 3 is 2.63 bits per heavy atom. The Morgan fingerprint density at radius 2 is 1.89 bits per heavy atom. The molecule has 0 aliphatic heterocycles. The molecule has 19 heavy (non-hydrogen) atoms. The summed E-state index contributed by atoms with van der Waals surface area (Å²) in [6.07, 6.45) is 11.7. The highest BCUT2D eigenvalue weighted by atomic mass is 16.1. The Labute approximate surface area is 114 Å². The van der Waals surface area contributed by atoms with E-state index in [1.807, 2.05) is 6.07 Å². The van der Waals surface area contributed by atoms with Crippen molar-refractivity contribution in [1.29, 1.82) is 0 Å². The van der Waals surface area contributed by atoms with Crippen molar-refractivity contribution in [2.45, 2.75) is 57.4 Å². The predicted octanol–water partition coefficient (Wildman–Crippen LogP) is 3.16. The first-order valence-electron chi connectivity index (χ1n) is 7.89. The van der Waals surface area contributed by atoms with Gasteiger partial charge in [-0.2, -0.15) is 5.10 Å². The lowest BCUT2D eigenvalue weighted by Crippen LogP contribution is -2.11. The molecule has 0 bridgehead atoms. The normalized spacial score (nSPS) is 33.6. The Hall–Kier alpha value is -1.12. The molecule has 2 unspecified atom stereocenters. The second-order valence-corrected chi connectivity index (χ2v) is 6.65. The van der Waals surface area contributed by atoms with Crippen LogP contribution in [0, 0.1) is 17.8 Å². The zero-order valence-electron chi connectivity index (χ0n) is 11.4. The summed E-state index contributed by atoms with van der Waals surface area (Å²) >= 11 is 0. The maximum atomic E-state index is 12.3. The number of Topliss-reactive ketones (excluding diaryl/α,β-unsaturated/α-hetero) is 1. The summed E-state index contributed by atoms with van der Waals surface area (Å²) in [5.74, 6) is 2.32. The highest BCUT2D eigenvalue weighted by Gasteiger charge is 2.55. The van der Waals surface area contributed by atoms with E-state index in [2.05, 4.69) is 16.0 Å². The van der Waals surface area contributed by atoms with Crippen LogP contribution in [0.1, 0.15) is 56.7 Å². The minimum Gasteiger partial charge on any atom is -0.299 e. The highest BCUT2D eigenvalue weighted by Crippen LogP contribution is 2.58. The van der Waals surface area contributed by atoms with Crippen LogP contribution < -0.4 is 0 Å². The second kappa shape index (κ2) is 4.46. The number of carbonyl (C=O) groups excluding carboxylic acids is 1. The number of fused-ring (bicyclic) bond motifs is 1. The number of rotatable bonds is 4. The van der Waals surface area contributed by atoms with Crippen LogP contribution in [0.15, 0.2) is 12.3 Å². The summed E-state index contributed by atoms with van der Waals surface area (Å²) < 4.78 is 2.10. The lowest BCUT2D eigenvalue weighted by molar-refractivity contribution is -0.120. The third-order valence-corrected chi connectivity index (χ3v) is 5.50. The second-order valence-electron chi connectivity index (χ2n) is 6.65. The summed E-state index contributed by atoms with van der Waals surface area (Å²) in [6, 6.07) is 2.64. The summed E-state index contributed by atoms with van der Waals surface area (Å²) in [5, 5.41) is 4.63. The molecular weight excluding hydrogens is 236 g/mol. The molecule has 0 radical (unpaired) electrons. The standard InChI is InChI=1S/C16H22N2O/c19-15(16-13-6-3-7-14(13)16)10-11-8-9-18(17-11)12-4-1-2-5-12/h8-9,12-14,16H,1-7,10H2.